The van der Waals surface area contributed by atoms with Gasteiger partial charge in [0.2, 0.25) is 5.37 Å². The van der Waals surface area contributed by atoms with Crippen LogP contribution in [0.4, 0.5) is 0 Å². The van der Waals surface area contributed by atoms with E-state index in [-0.39, 0.29) is 11.4 Å². The van der Waals surface area contributed by atoms with Gasteiger partial charge in [-0.1, -0.05) is 103 Å². The monoisotopic (exact) mass is 634 g/mol. The lowest BCUT2D eigenvalue weighted by molar-refractivity contribution is -0.164. The second kappa shape index (κ2) is 13.4. The molecule has 1 fully saturated rings. The number of nitrogens with zero attached hydrogens (tertiary/aromatic N) is 1. The molecule has 0 saturated carbocycles. The van der Waals surface area contributed by atoms with Crippen LogP contribution in [0.2, 0.25) is 10.0 Å². The van der Waals surface area contributed by atoms with Crippen molar-refractivity contribution in [1.82, 2.24) is 10.2 Å². The molecule has 11 heteroatoms. The molecule has 0 spiro atoms. The minimum Gasteiger partial charge on any atom is -0.597 e. The topological polar surface area (TPSA) is 81.7 Å². The maximum atomic E-state index is 13.6. The summed E-state index contributed by atoms with van der Waals surface area (Å²) in [7, 11) is 4.00. The third kappa shape index (κ3) is 6.82. The zero-order valence-corrected chi connectivity index (χ0v) is 25.2. The summed E-state index contributed by atoms with van der Waals surface area (Å²) in [5.41, 5.74) is 2.49. The molecule has 0 aromatic heterocycles. The van der Waals surface area contributed by atoms with Crippen LogP contribution in [0.5, 0.6) is 0 Å². The van der Waals surface area contributed by atoms with E-state index in [2.05, 4.69) is 11.9 Å². The normalized spacial score (nSPS) is 18.1. The predicted octanol–water partition coefficient (Wildman–Crippen LogP) is 6.17. The van der Waals surface area contributed by atoms with Crippen LogP contribution >= 0.6 is 46.1 Å². The maximum absolute atomic E-state index is 13.6. The van der Waals surface area contributed by atoms with Crippen LogP contribution in [0.15, 0.2) is 91.0 Å². The number of nitrogens with one attached hydrogen (secondary N) is 1. The smallest absolute Gasteiger partial charge is 0.334 e. The lowest BCUT2D eigenvalue weighted by atomic mass is 9.98. The van der Waals surface area contributed by atoms with Crippen LogP contribution < -0.4 is 5.32 Å². The molecule has 40 heavy (non-hydrogen) atoms. The van der Waals surface area contributed by atoms with Gasteiger partial charge in [0.05, 0.1) is 15.4 Å². The molecule has 1 saturated heterocycles. The summed E-state index contributed by atoms with van der Waals surface area (Å²) in [6.45, 7) is 5.51. The highest BCUT2D eigenvalue weighted by atomic mass is 35.7. The second-order valence-corrected chi connectivity index (χ2v) is 12.5. The highest BCUT2D eigenvalue weighted by Gasteiger charge is 2.60. The van der Waals surface area contributed by atoms with Crippen molar-refractivity contribution >= 4 is 73.4 Å². The van der Waals surface area contributed by atoms with Gasteiger partial charge in [0.25, 0.3) is 5.91 Å². The van der Waals surface area contributed by atoms with Gasteiger partial charge in [-0.25, -0.2) is 4.79 Å². The Labute approximate surface area is 255 Å². The fourth-order valence-electron chi connectivity index (χ4n) is 4.48. The Bertz CT molecular complexity index is 1370. The Kier molecular flexibility index (Phi) is 10.2. The molecule has 1 N–H and O–H groups in total. The number of benzene rings is 3. The van der Waals surface area contributed by atoms with Gasteiger partial charge >= 0.3 is 5.97 Å². The quantitative estimate of drug-likeness (QED) is 0.0944. The van der Waals surface area contributed by atoms with Crippen molar-refractivity contribution in [3.8, 4) is 0 Å². The number of rotatable bonds is 10. The first-order valence-corrected chi connectivity index (χ1v) is 15.4. The van der Waals surface area contributed by atoms with E-state index in [9.17, 15) is 14.1 Å². The Morgan fingerprint density at radius 1 is 1.10 bits per heavy atom. The van der Waals surface area contributed by atoms with Gasteiger partial charge in [-0.05, 0) is 47.4 Å². The molecule has 1 amide bonds. The molecule has 3 aromatic rings. The molecular weight excluding hydrogens is 611 g/mol. The van der Waals surface area contributed by atoms with Gasteiger partial charge < -0.3 is 14.6 Å². The van der Waals surface area contributed by atoms with Crippen molar-refractivity contribution in [3.05, 3.63) is 118 Å². The van der Waals surface area contributed by atoms with Crippen LogP contribution in [0.25, 0.3) is 0 Å². The summed E-state index contributed by atoms with van der Waals surface area (Å²) in [5, 5.41) is 2.81. The van der Waals surface area contributed by atoms with Gasteiger partial charge in [0.15, 0.2) is 28.9 Å². The average molecular weight is 636 g/mol. The largest absolute Gasteiger partial charge is 0.597 e. The number of carbonyl (C=O) groups is 2. The molecule has 1 heterocycles. The van der Waals surface area contributed by atoms with Gasteiger partial charge in [-0.3, -0.25) is 9.69 Å². The average Bonchev–Trinajstić information content (AvgIpc) is 2.93. The number of β-lactam (4-membered cyclic amide) rings is 1. The SMILES string of the molecule is C=C(C)C(C(=O)OC(c1ccccc1)c1ccccc1)N1C(=O)C(NC(=S)Cc2cc(Cl)ccc2Cl)C1[S+]([O-])Cl. The Morgan fingerprint density at radius 3 is 2.20 bits per heavy atom. The first-order valence-electron chi connectivity index (χ1n) is 12.2. The number of hydrogen-bond donors (Lipinski definition) is 1. The predicted molar refractivity (Wildman–Crippen MR) is 164 cm³/mol. The van der Waals surface area contributed by atoms with Gasteiger partial charge in [0.1, 0.15) is 0 Å². The highest BCUT2D eigenvalue weighted by Crippen LogP contribution is 2.35. The van der Waals surface area contributed by atoms with Crippen LogP contribution in [-0.4, -0.2) is 43.8 Å². The van der Waals surface area contributed by atoms with Crippen molar-refractivity contribution in [3.63, 3.8) is 0 Å². The van der Waals surface area contributed by atoms with Crippen molar-refractivity contribution in [2.45, 2.75) is 36.9 Å². The summed E-state index contributed by atoms with van der Waals surface area (Å²) in [5.74, 6) is -1.24. The molecule has 0 radical (unpaired) electrons. The van der Waals surface area contributed by atoms with Gasteiger partial charge in [-0.2, -0.15) is 0 Å². The van der Waals surface area contributed by atoms with E-state index in [1.54, 1.807) is 25.1 Å². The van der Waals surface area contributed by atoms with E-state index in [4.69, 9.17) is 50.8 Å². The summed E-state index contributed by atoms with van der Waals surface area (Å²) in [6, 6.07) is 21.2. The minimum absolute atomic E-state index is 0.196. The zero-order valence-electron chi connectivity index (χ0n) is 21.3. The fraction of sp³-hybridized carbons (Fsp3) is 0.207. The van der Waals surface area contributed by atoms with E-state index in [0.29, 0.717) is 21.2 Å². The number of halogens is 3. The van der Waals surface area contributed by atoms with Gasteiger partial charge in [0, 0.05) is 16.5 Å². The minimum atomic E-state index is -2.05. The van der Waals surface area contributed by atoms with E-state index < -0.39 is 45.8 Å². The summed E-state index contributed by atoms with van der Waals surface area (Å²) >= 11 is 17.8. The molecular formula is C29H25Cl3N2O4S2. The van der Waals surface area contributed by atoms with E-state index in [1.807, 2.05) is 60.7 Å². The third-order valence-electron chi connectivity index (χ3n) is 6.35. The number of likely N-dealkylation sites (tertiary alicyclic amines) is 1. The van der Waals surface area contributed by atoms with Crippen molar-refractivity contribution in [2.24, 2.45) is 0 Å². The third-order valence-corrected chi connectivity index (χ3v) is 8.64. The molecule has 4 rings (SSSR count). The molecule has 0 aliphatic carbocycles. The Balaban J connectivity index is 1.54. The summed E-state index contributed by atoms with van der Waals surface area (Å²) in [4.78, 5) is 28.4. The highest BCUT2D eigenvalue weighted by molar-refractivity contribution is 8.14. The van der Waals surface area contributed by atoms with Crippen LogP contribution in [0.3, 0.4) is 0 Å². The summed E-state index contributed by atoms with van der Waals surface area (Å²) in [6.07, 6.45) is -0.543. The Morgan fingerprint density at radius 2 is 1.68 bits per heavy atom. The van der Waals surface area contributed by atoms with Crippen LogP contribution in [0, 0.1) is 0 Å². The fourth-order valence-corrected chi connectivity index (χ4v) is 6.51. The lowest BCUT2D eigenvalue weighted by Gasteiger charge is -2.47. The van der Waals surface area contributed by atoms with E-state index in [0.717, 1.165) is 16.0 Å². The number of carbonyl (C=O) groups excluding carboxylic acids is 2. The lowest BCUT2D eigenvalue weighted by Crippen LogP contribution is -2.75. The van der Waals surface area contributed by atoms with Crippen LogP contribution in [0.1, 0.15) is 29.7 Å². The molecule has 1 aliphatic heterocycles. The van der Waals surface area contributed by atoms with Gasteiger partial charge in [-0.15, -0.1) is 0 Å². The number of thiocarbonyl (C=S) groups is 1. The number of amides is 1. The van der Waals surface area contributed by atoms with Crippen molar-refractivity contribution < 1.29 is 18.9 Å². The van der Waals surface area contributed by atoms with Crippen LogP contribution in [-0.2, 0) is 31.1 Å². The second-order valence-electron chi connectivity index (χ2n) is 9.23. The number of ether oxygens (including phenoxy) is 1. The van der Waals surface area contributed by atoms with Crippen molar-refractivity contribution in [1.29, 1.82) is 0 Å². The molecule has 208 valence electrons. The molecule has 3 aromatic carbocycles. The number of esters is 1. The molecule has 0 bridgehead atoms. The first kappa shape index (κ1) is 30.4. The maximum Gasteiger partial charge on any atom is 0.334 e. The molecule has 6 nitrogen and oxygen atoms in total. The summed E-state index contributed by atoms with van der Waals surface area (Å²) < 4.78 is 18.6. The van der Waals surface area contributed by atoms with E-state index in [1.165, 1.54) is 0 Å². The van der Waals surface area contributed by atoms with E-state index >= 15 is 0 Å². The molecule has 1 aliphatic rings. The van der Waals surface area contributed by atoms with Crippen molar-refractivity contribution in [2.75, 3.05) is 0 Å². The first-order chi connectivity index (χ1) is 19.1. The zero-order chi connectivity index (χ0) is 29.0. The molecule has 4 atom stereocenters. The molecule has 4 unspecified atom stereocenters. The standard InChI is InChI=1S/C29H25Cl3N2O4S2/c1-17(2)25(29(36)38-26(18-9-5-3-6-10-18)19-11-7-4-8-12-19)34-27(35)24(28(34)40(32)37)33-23(39)16-20-15-21(30)13-14-22(20)31/h3-15,24-26,28H,1,16H2,2H3,(H,33,39). The number of hydrogen-bond acceptors (Lipinski definition) is 5. The Hall–Kier alpha value is -2.59.